The standard InChI is InChI=1S/C17H21N3O2/c1-10-6-11(2)16-14(7-10)15(21)8-13(19-16)9-20-5-4-18-17(22)12(20)3/h6-8,12H,4-5,9H2,1-3H3,(H,18,22)(H,19,21)/t12-/m0/s1. The Morgan fingerprint density at radius 1 is 1.23 bits per heavy atom. The minimum atomic E-state index is -0.174. The van der Waals surface area contributed by atoms with Crippen molar-refractivity contribution in [1.29, 1.82) is 0 Å². The van der Waals surface area contributed by atoms with Gasteiger partial charge in [-0.2, -0.15) is 0 Å². The fraction of sp³-hybridized carbons (Fsp3) is 0.412. The van der Waals surface area contributed by atoms with Crippen LogP contribution in [0.2, 0.25) is 0 Å². The number of rotatable bonds is 2. The molecule has 0 radical (unpaired) electrons. The van der Waals surface area contributed by atoms with Crippen LogP contribution in [0, 0.1) is 13.8 Å². The van der Waals surface area contributed by atoms with Crippen LogP contribution in [0.25, 0.3) is 10.9 Å². The van der Waals surface area contributed by atoms with Crippen molar-refractivity contribution in [1.82, 2.24) is 15.2 Å². The Labute approximate surface area is 129 Å². The van der Waals surface area contributed by atoms with Crippen LogP contribution in [-0.2, 0) is 11.3 Å². The van der Waals surface area contributed by atoms with E-state index in [4.69, 9.17) is 0 Å². The summed E-state index contributed by atoms with van der Waals surface area (Å²) in [5.74, 6) is 0.0428. The lowest BCUT2D eigenvalue weighted by molar-refractivity contribution is -0.128. The van der Waals surface area contributed by atoms with E-state index in [0.29, 0.717) is 13.1 Å². The average Bonchev–Trinajstić information content (AvgIpc) is 2.45. The van der Waals surface area contributed by atoms with Crippen LogP contribution >= 0.6 is 0 Å². The third-order valence-corrected chi connectivity index (χ3v) is 4.34. The SMILES string of the molecule is Cc1cc(C)c2[nH]c(CN3CCNC(=O)[C@@H]3C)cc(=O)c2c1. The van der Waals surface area contributed by atoms with Gasteiger partial charge in [-0.05, 0) is 38.0 Å². The molecule has 0 spiro atoms. The molecule has 0 aliphatic carbocycles. The van der Waals surface area contributed by atoms with Crippen molar-refractivity contribution >= 4 is 16.8 Å². The highest BCUT2D eigenvalue weighted by molar-refractivity contribution is 5.83. The third kappa shape index (κ3) is 2.64. The van der Waals surface area contributed by atoms with Gasteiger partial charge in [0.1, 0.15) is 0 Å². The zero-order chi connectivity index (χ0) is 15.9. The van der Waals surface area contributed by atoms with E-state index in [9.17, 15) is 9.59 Å². The highest BCUT2D eigenvalue weighted by Crippen LogP contribution is 2.17. The topological polar surface area (TPSA) is 65.2 Å². The number of nitrogens with one attached hydrogen (secondary N) is 2. The molecule has 1 fully saturated rings. The van der Waals surface area contributed by atoms with Gasteiger partial charge in [-0.25, -0.2) is 0 Å². The minimum absolute atomic E-state index is 0.0321. The number of amides is 1. The number of aromatic amines is 1. The van der Waals surface area contributed by atoms with Crippen LogP contribution in [0.15, 0.2) is 23.0 Å². The van der Waals surface area contributed by atoms with Gasteiger partial charge in [-0.3, -0.25) is 14.5 Å². The Morgan fingerprint density at radius 3 is 2.77 bits per heavy atom. The number of H-pyrrole nitrogens is 1. The second kappa shape index (κ2) is 5.57. The van der Waals surface area contributed by atoms with E-state index >= 15 is 0 Å². The first-order valence-corrected chi connectivity index (χ1v) is 7.60. The lowest BCUT2D eigenvalue weighted by atomic mass is 10.1. The maximum Gasteiger partial charge on any atom is 0.237 e. The molecule has 5 nitrogen and oxygen atoms in total. The number of aromatic nitrogens is 1. The second-order valence-electron chi connectivity index (χ2n) is 6.10. The Hall–Kier alpha value is -2.14. The van der Waals surface area contributed by atoms with Crippen molar-refractivity contribution in [3.63, 3.8) is 0 Å². The lowest BCUT2D eigenvalue weighted by Crippen LogP contribution is -2.53. The van der Waals surface area contributed by atoms with Crippen LogP contribution in [-0.4, -0.2) is 34.9 Å². The second-order valence-corrected chi connectivity index (χ2v) is 6.10. The number of hydrogen-bond acceptors (Lipinski definition) is 3. The van der Waals surface area contributed by atoms with E-state index in [0.717, 1.165) is 34.3 Å². The molecule has 2 heterocycles. The fourth-order valence-corrected chi connectivity index (χ4v) is 3.11. The Bertz CT molecular complexity index is 794. The van der Waals surface area contributed by atoms with Gasteiger partial charge in [-0.1, -0.05) is 6.07 Å². The fourth-order valence-electron chi connectivity index (χ4n) is 3.11. The number of nitrogens with zero attached hydrogens (tertiary/aromatic N) is 1. The third-order valence-electron chi connectivity index (χ3n) is 4.34. The van der Waals surface area contributed by atoms with E-state index in [1.165, 1.54) is 0 Å². The quantitative estimate of drug-likeness (QED) is 0.882. The lowest BCUT2D eigenvalue weighted by Gasteiger charge is -2.32. The van der Waals surface area contributed by atoms with Crippen molar-refractivity contribution in [2.24, 2.45) is 0 Å². The molecule has 0 saturated carbocycles. The number of aryl methyl sites for hydroxylation is 2. The monoisotopic (exact) mass is 299 g/mol. The summed E-state index contributed by atoms with van der Waals surface area (Å²) in [6.45, 7) is 7.91. The van der Waals surface area contributed by atoms with Crippen molar-refractivity contribution in [3.05, 3.63) is 45.2 Å². The van der Waals surface area contributed by atoms with Crippen LogP contribution in [0.3, 0.4) is 0 Å². The number of benzene rings is 1. The number of piperazine rings is 1. The molecular formula is C17H21N3O2. The number of pyridine rings is 1. The molecule has 0 unspecified atom stereocenters. The molecule has 5 heteroatoms. The highest BCUT2D eigenvalue weighted by Gasteiger charge is 2.25. The maximum atomic E-state index is 12.4. The Balaban J connectivity index is 1.98. The molecule has 1 aromatic carbocycles. The van der Waals surface area contributed by atoms with Crippen molar-refractivity contribution in [2.45, 2.75) is 33.4 Å². The first-order valence-electron chi connectivity index (χ1n) is 7.60. The van der Waals surface area contributed by atoms with Crippen LogP contribution in [0.4, 0.5) is 0 Å². The van der Waals surface area contributed by atoms with Gasteiger partial charge in [0.2, 0.25) is 5.91 Å². The summed E-state index contributed by atoms with van der Waals surface area (Å²) in [7, 11) is 0. The Morgan fingerprint density at radius 2 is 2.00 bits per heavy atom. The summed E-state index contributed by atoms with van der Waals surface area (Å²) in [4.78, 5) is 29.6. The first-order chi connectivity index (χ1) is 10.5. The summed E-state index contributed by atoms with van der Waals surface area (Å²) in [6, 6.07) is 5.47. The van der Waals surface area contributed by atoms with Crippen LogP contribution in [0.1, 0.15) is 23.7 Å². The summed E-state index contributed by atoms with van der Waals surface area (Å²) in [5, 5.41) is 3.58. The molecule has 1 aromatic heterocycles. The van der Waals surface area contributed by atoms with Gasteiger partial charge in [-0.15, -0.1) is 0 Å². The van der Waals surface area contributed by atoms with Gasteiger partial charge in [0.25, 0.3) is 0 Å². The number of carbonyl (C=O) groups excluding carboxylic acids is 1. The maximum absolute atomic E-state index is 12.4. The summed E-state index contributed by atoms with van der Waals surface area (Å²) in [5.41, 5.74) is 3.93. The summed E-state index contributed by atoms with van der Waals surface area (Å²) < 4.78 is 0. The average molecular weight is 299 g/mol. The molecular weight excluding hydrogens is 278 g/mol. The van der Waals surface area contributed by atoms with Gasteiger partial charge in [0, 0.05) is 36.8 Å². The Kier molecular flexibility index (Phi) is 3.74. The molecule has 2 N–H and O–H groups in total. The van der Waals surface area contributed by atoms with Crippen LogP contribution in [0.5, 0.6) is 0 Å². The predicted molar refractivity (Wildman–Crippen MR) is 86.9 cm³/mol. The largest absolute Gasteiger partial charge is 0.357 e. The molecule has 2 aromatic rings. The number of fused-ring (bicyclic) bond motifs is 1. The summed E-state index contributed by atoms with van der Waals surface area (Å²) >= 11 is 0. The van der Waals surface area contributed by atoms with Crippen molar-refractivity contribution in [2.75, 3.05) is 13.1 Å². The smallest absolute Gasteiger partial charge is 0.237 e. The van der Waals surface area contributed by atoms with Crippen molar-refractivity contribution < 1.29 is 4.79 Å². The van der Waals surface area contributed by atoms with Gasteiger partial charge < -0.3 is 10.3 Å². The zero-order valence-corrected chi connectivity index (χ0v) is 13.2. The molecule has 116 valence electrons. The first kappa shape index (κ1) is 14.8. The van der Waals surface area contributed by atoms with Crippen LogP contribution < -0.4 is 10.7 Å². The minimum Gasteiger partial charge on any atom is -0.357 e. The summed E-state index contributed by atoms with van der Waals surface area (Å²) in [6.07, 6.45) is 0. The van der Waals surface area contributed by atoms with Crippen molar-refractivity contribution in [3.8, 4) is 0 Å². The molecule has 22 heavy (non-hydrogen) atoms. The van der Waals surface area contributed by atoms with Gasteiger partial charge >= 0.3 is 0 Å². The van der Waals surface area contributed by atoms with E-state index in [2.05, 4.69) is 21.3 Å². The normalized spacial score (nSPS) is 19.4. The van der Waals surface area contributed by atoms with E-state index in [-0.39, 0.29) is 17.4 Å². The number of carbonyl (C=O) groups is 1. The van der Waals surface area contributed by atoms with E-state index in [1.54, 1.807) is 6.07 Å². The molecule has 1 amide bonds. The van der Waals surface area contributed by atoms with E-state index in [1.807, 2.05) is 26.8 Å². The van der Waals surface area contributed by atoms with Gasteiger partial charge in [0.15, 0.2) is 5.43 Å². The molecule has 1 atom stereocenters. The molecule has 1 aliphatic heterocycles. The number of hydrogen-bond donors (Lipinski definition) is 2. The van der Waals surface area contributed by atoms with E-state index < -0.39 is 0 Å². The zero-order valence-electron chi connectivity index (χ0n) is 13.2. The predicted octanol–water partition coefficient (Wildman–Crippen LogP) is 1.47. The molecule has 0 bridgehead atoms. The van der Waals surface area contributed by atoms with Gasteiger partial charge in [0.05, 0.1) is 11.6 Å². The molecule has 1 saturated heterocycles. The highest BCUT2D eigenvalue weighted by atomic mass is 16.2. The molecule has 1 aliphatic rings. The molecule has 3 rings (SSSR count).